The number of hydrogen-bond acceptors (Lipinski definition) is 4. The maximum Gasteiger partial charge on any atom is 0.191 e. The Bertz CT molecular complexity index is 660. The van der Waals surface area contributed by atoms with Crippen LogP contribution in [0, 0.1) is 12.8 Å². The van der Waals surface area contributed by atoms with Crippen LogP contribution in [0.2, 0.25) is 0 Å². The lowest BCUT2D eigenvalue weighted by molar-refractivity contribution is 0.110. The molecule has 2 aliphatic rings. The van der Waals surface area contributed by atoms with Gasteiger partial charge >= 0.3 is 0 Å². The Labute approximate surface area is 176 Å². The molecule has 0 amide bonds. The van der Waals surface area contributed by atoms with Gasteiger partial charge in [-0.15, -0.1) is 0 Å². The standard InChI is InChI=1S/C23H38N4O2/c1-4-24-23(25-15-19-10-11-27(17-19)21-8-9-21)26-16-20-7-6-18(3)14-22(20)29-13-12-28-5-2/h6-7,14,19,21H,4-5,8-13,15-17H2,1-3H3,(H2,24,25,26). The molecule has 1 saturated carbocycles. The van der Waals surface area contributed by atoms with Crippen LogP contribution >= 0.6 is 0 Å². The average Bonchev–Trinajstić information content (AvgIpc) is 3.46. The van der Waals surface area contributed by atoms with Crippen LogP contribution in [-0.4, -0.2) is 62.9 Å². The predicted molar refractivity (Wildman–Crippen MR) is 119 cm³/mol. The fourth-order valence-electron chi connectivity index (χ4n) is 3.83. The number of hydrogen-bond donors (Lipinski definition) is 2. The molecule has 2 N–H and O–H groups in total. The maximum absolute atomic E-state index is 5.95. The SMILES string of the molecule is CCNC(=NCc1ccc(C)cc1OCCOCC)NCC1CCN(C2CC2)C1. The van der Waals surface area contributed by atoms with Crippen LogP contribution < -0.4 is 15.4 Å². The second-order valence-corrected chi connectivity index (χ2v) is 8.11. The van der Waals surface area contributed by atoms with Crippen molar-refractivity contribution in [2.24, 2.45) is 10.9 Å². The molecule has 1 heterocycles. The number of nitrogens with one attached hydrogen (secondary N) is 2. The first-order valence-corrected chi connectivity index (χ1v) is 11.3. The second-order valence-electron chi connectivity index (χ2n) is 8.11. The van der Waals surface area contributed by atoms with Crippen molar-refractivity contribution in [1.82, 2.24) is 15.5 Å². The second kappa shape index (κ2) is 11.4. The van der Waals surface area contributed by atoms with Crippen molar-refractivity contribution in [1.29, 1.82) is 0 Å². The minimum Gasteiger partial charge on any atom is -0.491 e. The van der Waals surface area contributed by atoms with Crippen molar-refractivity contribution in [3.63, 3.8) is 0 Å². The molecule has 1 saturated heterocycles. The van der Waals surface area contributed by atoms with E-state index in [-0.39, 0.29) is 0 Å². The van der Waals surface area contributed by atoms with Crippen LogP contribution in [0.4, 0.5) is 0 Å². The summed E-state index contributed by atoms with van der Waals surface area (Å²) in [6, 6.07) is 7.20. The summed E-state index contributed by atoms with van der Waals surface area (Å²) in [5.74, 6) is 2.51. The fourth-order valence-corrected chi connectivity index (χ4v) is 3.83. The van der Waals surface area contributed by atoms with Crippen LogP contribution in [0.25, 0.3) is 0 Å². The predicted octanol–water partition coefficient (Wildman–Crippen LogP) is 2.95. The molecule has 1 unspecified atom stereocenters. The highest BCUT2D eigenvalue weighted by Crippen LogP contribution is 2.31. The van der Waals surface area contributed by atoms with Gasteiger partial charge < -0.3 is 25.0 Å². The normalized spacial score (nSPS) is 20.1. The van der Waals surface area contributed by atoms with Crippen molar-refractivity contribution in [2.45, 2.75) is 52.6 Å². The van der Waals surface area contributed by atoms with E-state index in [1.165, 1.54) is 37.9 Å². The lowest BCUT2D eigenvalue weighted by Gasteiger charge is -2.17. The Balaban J connectivity index is 1.53. The zero-order chi connectivity index (χ0) is 20.5. The molecule has 6 heteroatoms. The van der Waals surface area contributed by atoms with Crippen LogP contribution in [0.15, 0.2) is 23.2 Å². The summed E-state index contributed by atoms with van der Waals surface area (Å²) >= 11 is 0. The van der Waals surface area contributed by atoms with Gasteiger partial charge in [0.2, 0.25) is 0 Å². The summed E-state index contributed by atoms with van der Waals surface area (Å²) in [4.78, 5) is 7.48. The van der Waals surface area contributed by atoms with Gasteiger partial charge in [0.25, 0.3) is 0 Å². The minimum atomic E-state index is 0.561. The van der Waals surface area contributed by atoms with Gasteiger partial charge in [-0.1, -0.05) is 12.1 Å². The first-order valence-electron chi connectivity index (χ1n) is 11.3. The molecular weight excluding hydrogens is 364 g/mol. The van der Waals surface area contributed by atoms with Crippen molar-refractivity contribution < 1.29 is 9.47 Å². The summed E-state index contributed by atoms with van der Waals surface area (Å²) in [6.07, 6.45) is 4.09. The summed E-state index contributed by atoms with van der Waals surface area (Å²) in [5.41, 5.74) is 2.29. The number of aliphatic imine (C=N–C) groups is 1. The summed E-state index contributed by atoms with van der Waals surface area (Å²) in [5, 5.41) is 6.93. The average molecular weight is 403 g/mol. The van der Waals surface area contributed by atoms with Crippen molar-refractivity contribution in [3.8, 4) is 5.75 Å². The highest BCUT2D eigenvalue weighted by atomic mass is 16.5. The van der Waals surface area contributed by atoms with E-state index in [2.05, 4.69) is 47.6 Å². The zero-order valence-corrected chi connectivity index (χ0v) is 18.4. The van der Waals surface area contributed by atoms with Crippen molar-refractivity contribution in [2.75, 3.05) is 46.0 Å². The minimum absolute atomic E-state index is 0.561. The number of guanidine groups is 1. The molecule has 3 rings (SSSR count). The molecule has 1 aliphatic heterocycles. The number of aryl methyl sites for hydroxylation is 1. The molecule has 1 aliphatic carbocycles. The Morgan fingerprint density at radius 2 is 2.03 bits per heavy atom. The first kappa shape index (κ1) is 21.9. The molecular formula is C23H38N4O2. The Morgan fingerprint density at radius 3 is 2.79 bits per heavy atom. The monoisotopic (exact) mass is 402 g/mol. The van der Waals surface area contributed by atoms with Gasteiger partial charge in [0, 0.05) is 37.8 Å². The molecule has 0 bridgehead atoms. The topological polar surface area (TPSA) is 58.1 Å². The highest BCUT2D eigenvalue weighted by molar-refractivity contribution is 5.79. The quantitative estimate of drug-likeness (QED) is 0.339. The van der Waals surface area contributed by atoms with Crippen molar-refractivity contribution in [3.05, 3.63) is 29.3 Å². The van der Waals surface area contributed by atoms with Gasteiger partial charge in [0.15, 0.2) is 5.96 Å². The molecule has 1 atom stereocenters. The molecule has 0 aromatic heterocycles. The van der Waals surface area contributed by atoms with Crippen LogP contribution in [0.1, 0.15) is 44.2 Å². The molecule has 29 heavy (non-hydrogen) atoms. The molecule has 0 radical (unpaired) electrons. The molecule has 1 aromatic carbocycles. The van der Waals surface area contributed by atoms with Crippen molar-refractivity contribution >= 4 is 5.96 Å². The zero-order valence-electron chi connectivity index (χ0n) is 18.4. The number of likely N-dealkylation sites (tertiary alicyclic amines) is 1. The maximum atomic E-state index is 5.95. The third-order valence-electron chi connectivity index (χ3n) is 5.60. The third kappa shape index (κ3) is 7.19. The van der Waals surface area contributed by atoms with E-state index < -0.39 is 0 Å². The van der Waals surface area contributed by atoms with Crippen LogP contribution in [0.3, 0.4) is 0 Å². The summed E-state index contributed by atoms with van der Waals surface area (Å²) in [6.45, 7) is 13.0. The smallest absolute Gasteiger partial charge is 0.191 e. The van der Waals surface area contributed by atoms with E-state index in [9.17, 15) is 0 Å². The lowest BCUT2D eigenvalue weighted by atomic mass is 10.1. The van der Waals surface area contributed by atoms with E-state index >= 15 is 0 Å². The Kier molecular flexibility index (Phi) is 8.62. The largest absolute Gasteiger partial charge is 0.491 e. The van der Waals surface area contributed by atoms with Gasteiger partial charge in [0.05, 0.1) is 13.2 Å². The Hall–Kier alpha value is -1.79. The fraction of sp³-hybridized carbons (Fsp3) is 0.696. The third-order valence-corrected chi connectivity index (χ3v) is 5.60. The van der Waals surface area contributed by atoms with E-state index in [0.717, 1.165) is 42.3 Å². The number of ether oxygens (including phenoxy) is 2. The molecule has 1 aromatic rings. The van der Waals surface area contributed by atoms with Crippen LogP contribution in [-0.2, 0) is 11.3 Å². The molecule has 0 spiro atoms. The van der Waals surface area contributed by atoms with Gasteiger partial charge in [-0.25, -0.2) is 4.99 Å². The van der Waals surface area contributed by atoms with Crippen LogP contribution in [0.5, 0.6) is 5.75 Å². The molecule has 6 nitrogen and oxygen atoms in total. The molecule has 162 valence electrons. The summed E-state index contributed by atoms with van der Waals surface area (Å²) in [7, 11) is 0. The summed E-state index contributed by atoms with van der Waals surface area (Å²) < 4.78 is 11.3. The van der Waals surface area contributed by atoms with E-state index in [0.29, 0.717) is 26.4 Å². The van der Waals surface area contributed by atoms with Gasteiger partial charge in [-0.05, 0) is 64.1 Å². The van der Waals surface area contributed by atoms with E-state index in [1.807, 2.05) is 6.92 Å². The number of rotatable bonds is 11. The lowest BCUT2D eigenvalue weighted by Crippen LogP contribution is -2.40. The Morgan fingerprint density at radius 1 is 1.17 bits per heavy atom. The first-order chi connectivity index (χ1) is 14.2. The number of nitrogens with zero attached hydrogens (tertiary/aromatic N) is 2. The van der Waals surface area contributed by atoms with Gasteiger partial charge in [-0.3, -0.25) is 0 Å². The highest BCUT2D eigenvalue weighted by Gasteiger charge is 2.34. The van der Waals surface area contributed by atoms with E-state index in [4.69, 9.17) is 14.5 Å². The van der Waals surface area contributed by atoms with Gasteiger partial charge in [0.1, 0.15) is 12.4 Å². The van der Waals surface area contributed by atoms with Gasteiger partial charge in [-0.2, -0.15) is 0 Å². The molecule has 2 fully saturated rings. The van der Waals surface area contributed by atoms with E-state index in [1.54, 1.807) is 0 Å². The number of benzene rings is 1.